The van der Waals surface area contributed by atoms with Crippen LogP contribution in [0.5, 0.6) is 0 Å². The smallest absolute Gasteiger partial charge is 0.193 e. The third-order valence-corrected chi connectivity index (χ3v) is 5.24. The van der Waals surface area contributed by atoms with E-state index in [-0.39, 0.29) is 5.54 Å². The summed E-state index contributed by atoms with van der Waals surface area (Å²) in [6, 6.07) is 0. The molecular weight excluding hydrogens is 270 g/mol. The highest BCUT2D eigenvalue weighted by molar-refractivity contribution is 7.15. The van der Waals surface area contributed by atoms with Gasteiger partial charge in [0.25, 0.3) is 0 Å². The molecule has 0 amide bonds. The molecule has 0 aromatic carbocycles. The highest BCUT2D eigenvalue weighted by atomic mass is 32.1. The van der Waals surface area contributed by atoms with E-state index in [2.05, 4.69) is 37.6 Å². The monoisotopic (exact) mass is 295 g/mol. The Bertz CT molecular complexity index is 518. The maximum absolute atomic E-state index is 10.7. The SMILES string of the molecule is CCN(CC)C(C)(CC)C(O)Cc1cn2ccsc2n1. The Morgan fingerprint density at radius 2 is 2.10 bits per heavy atom. The van der Waals surface area contributed by atoms with Crippen LogP contribution >= 0.6 is 11.3 Å². The maximum atomic E-state index is 10.7. The summed E-state index contributed by atoms with van der Waals surface area (Å²) in [5, 5.41) is 12.8. The standard InChI is InChI=1S/C15H25N3OS/c1-5-15(4,18(6-2)7-3)13(19)10-12-11-17-8-9-20-14(17)16-12/h8-9,11,13,19H,5-7,10H2,1-4H3. The molecule has 0 bridgehead atoms. The number of aliphatic hydroxyl groups excluding tert-OH is 1. The van der Waals surface area contributed by atoms with Gasteiger partial charge >= 0.3 is 0 Å². The van der Waals surface area contributed by atoms with Crippen LogP contribution in [0.3, 0.4) is 0 Å². The van der Waals surface area contributed by atoms with Crippen LogP contribution in [-0.2, 0) is 6.42 Å². The highest BCUT2D eigenvalue weighted by Crippen LogP contribution is 2.26. The van der Waals surface area contributed by atoms with Crippen molar-refractivity contribution in [3.05, 3.63) is 23.5 Å². The molecule has 5 heteroatoms. The molecule has 1 N–H and O–H groups in total. The van der Waals surface area contributed by atoms with Gasteiger partial charge in [-0.3, -0.25) is 9.30 Å². The second-order valence-electron chi connectivity index (χ2n) is 5.43. The third-order valence-electron chi connectivity index (χ3n) is 4.47. The van der Waals surface area contributed by atoms with Crippen molar-refractivity contribution in [1.29, 1.82) is 0 Å². The summed E-state index contributed by atoms with van der Waals surface area (Å²) in [5.41, 5.74) is 0.775. The first kappa shape index (κ1) is 15.5. The summed E-state index contributed by atoms with van der Waals surface area (Å²) >= 11 is 1.62. The van der Waals surface area contributed by atoms with E-state index >= 15 is 0 Å². The fraction of sp³-hybridized carbons (Fsp3) is 0.667. The molecule has 2 atom stereocenters. The van der Waals surface area contributed by atoms with Gasteiger partial charge in [0, 0.05) is 29.7 Å². The zero-order valence-corrected chi connectivity index (χ0v) is 13.7. The molecule has 0 aliphatic heterocycles. The van der Waals surface area contributed by atoms with Crippen LogP contribution in [0.25, 0.3) is 4.96 Å². The summed E-state index contributed by atoms with van der Waals surface area (Å²) in [6.07, 6.45) is 5.16. The molecule has 2 unspecified atom stereocenters. The Morgan fingerprint density at radius 3 is 2.65 bits per heavy atom. The van der Waals surface area contributed by atoms with Gasteiger partial charge in [-0.1, -0.05) is 20.8 Å². The Balaban J connectivity index is 2.16. The van der Waals surface area contributed by atoms with E-state index in [1.54, 1.807) is 11.3 Å². The van der Waals surface area contributed by atoms with Crippen LogP contribution in [-0.4, -0.2) is 44.1 Å². The normalized spacial score (nSPS) is 16.7. The van der Waals surface area contributed by atoms with Gasteiger partial charge in [-0.15, -0.1) is 11.3 Å². The number of aliphatic hydroxyl groups is 1. The number of nitrogens with zero attached hydrogens (tertiary/aromatic N) is 3. The van der Waals surface area contributed by atoms with Gasteiger partial charge in [0.05, 0.1) is 11.8 Å². The molecule has 4 nitrogen and oxygen atoms in total. The predicted molar refractivity (Wildman–Crippen MR) is 84.4 cm³/mol. The number of thiazole rings is 1. The van der Waals surface area contributed by atoms with E-state index in [0.717, 1.165) is 30.2 Å². The number of rotatable bonds is 7. The lowest BCUT2D eigenvalue weighted by atomic mass is 9.86. The molecule has 2 heterocycles. The number of imidazole rings is 1. The molecule has 20 heavy (non-hydrogen) atoms. The largest absolute Gasteiger partial charge is 0.391 e. The highest BCUT2D eigenvalue weighted by Gasteiger charge is 2.36. The Hall–Kier alpha value is -0.910. The number of fused-ring (bicyclic) bond motifs is 1. The van der Waals surface area contributed by atoms with Crippen molar-refractivity contribution < 1.29 is 5.11 Å². The summed E-state index contributed by atoms with van der Waals surface area (Å²) in [4.78, 5) is 7.91. The van der Waals surface area contributed by atoms with E-state index in [9.17, 15) is 5.11 Å². The zero-order chi connectivity index (χ0) is 14.8. The van der Waals surface area contributed by atoms with Crippen molar-refractivity contribution in [2.45, 2.75) is 52.2 Å². The first-order valence-electron chi connectivity index (χ1n) is 7.39. The average Bonchev–Trinajstić information content (AvgIpc) is 3.00. The minimum absolute atomic E-state index is 0.194. The van der Waals surface area contributed by atoms with Crippen molar-refractivity contribution in [2.24, 2.45) is 0 Å². The summed E-state index contributed by atoms with van der Waals surface area (Å²) < 4.78 is 2.02. The van der Waals surface area contributed by atoms with Crippen LogP contribution < -0.4 is 0 Å². The van der Waals surface area contributed by atoms with Crippen LogP contribution in [0.1, 0.15) is 39.8 Å². The van der Waals surface area contributed by atoms with Gasteiger partial charge in [0.15, 0.2) is 4.96 Å². The van der Waals surface area contributed by atoms with Crippen molar-refractivity contribution in [3.8, 4) is 0 Å². The zero-order valence-electron chi connectivity index (χ0n) is 12.8. The van der Waals surface area contributed by atoms with Crippen molar-refractivity contribution in [1.82, 2.24) is 14.3 Å². The molecule has 0 aliphatic rings. The molecule has 0 radical (unpaired) electrons. The molecule has 2 aromatic rings. The van der Waals surface area contributed by atoms with Crippen molar-refractivity contribution in [3.63, 3.8) is 0 Å². The summed E-state index contributed by atoms with van der Waals surface area (Å²) in [7, 11) is 0. The summed E-state index contributed by atoms with van der Waals surface area (Å²) in [5.74, 6) is 0. The second-order valence-corrected chi connectivity index (χ2v) is 6.30. The first-order valence-corrected chi connectivity index (χ1v) is 8.27. The van der Waals surface area contributed by atoms with Gasteiger partial charge < -0.3 is 5.11 Å². The second kappa shape index (κ2) is 6.24. The Kier molecular flexibility index (Phi) is 4.83. The van der Waals surface area contributed by atoms with Gasteiger partial charge in [-0.2, -0.15) is 0 Å². The van der Waals surface area contributed by atoms with Gasteiger partial charge in [-0.05, 0) is 26.4 Å². The molecule has 2 aromatic heterocycles. The van der Waals surface area contributed by atoms with Gasteiger partial charge in [0.2, 0.25) is 0 Å². The molecule has 112 valence electrons. The lowest BCUT2D eigenvalue weighted by molar-refractivity contribution is -0.0194. The Morgan fingerprint density at radius 1 is 1.40 bits per heavy atom. The van der Waals surface area contributed by atoms with E-state index in [0.29, 0.717) is 6.42 Å². The number of aromatic nitrogens is 2. The average molecular weight is 295 g/mol. The first-order chi connectivity index (χ1) is 9.55. The lowest BCUT2D eigenvalue weighted by Crippen LogP contribution is -2.54. The third kappa shape index (κ3) is 2.75. The molecular formula is C15H25N3OS. The van der Waals surface area contributed by atoms with Gasteiger partial charge in [0.1, 0.15) is 0 Å². The predicted octanol–water partition coefficient (Wildman–Crippen LogP) is 2.81. The molecule has 2 rings (SSSR count). The minimum Gasteiger partial charge on any atom is -0.391 e. The van der Waals surface area contributed by atoms with E-state index < -0.39 is 6.10 Å². The molecule has 0 saturated carbocycles. The van der Waals surface area contributed by atoms with E-state index in [4.69, 9.17) is 0 Å². The topological polar surface area (TPSA) is 40.8 Å². The van der Waals surface area contributed by atoms with E-state index in [1.165, 1.54) is 0 Å². The fourth-order valence-electron chi connectivity index (χ4n) is 2.91. The quantitative estimate of drug-likeness (QED) is 0.854. The van der Waals surface area contributed by atoms with Crippen LogP contribution in [0.4, 0.5) is 0 Å². The molecule has 0 spiro atoms. The van der Waals surface area contributed by atoms with Crippen molar-refractivity contribution >= 4 is 16.3 Å². The van der Waals surface area contributed by atoms with Crippen LogP contribution in [0, 0.1) is 0 Å². The number of hydrogen-bond acceptors (Lipinski definition) is 4. The minimum atomic E-state index is -0.406. The molecule has 0 fully saturated rings. The molecule has 0 aliphatic carbocycles. The van der Waals surface area contributed by atoms with Crippen LogP contribution in [0.15, 0.2) is 17.8 Å². The Labute approximate surface area is 125 Å². The number of likely N-dealkylation sites (N-methyl/N-ethyl adjacent to an activating group) is 1. The van der Waals surface area contributed by atoms with Crippen LogP contribution in [0.2, 0.25) is 0 Å². The van der Waals surface area contributed by atoms with E-state index in [1.807, 2.05) is 22.2 Å². The fourth-order valence-corrected chi connectivity index (χ4v) is 3.63. The van der Waals surface area contributed by atoms with Crippen molar-refractivity contribution in [2.75, 3.05) is 13.1 Å². The molecule has 0 saturated heterocycles. The maximum Gasteiger partial charge on any atom is 0.193 e. The number of hydrogen-bond donors (Lipinski definition) is 1. The lowest BCUT2D eigenvalue weighted by Gasteiger charge is -2.43. The van der Waals surface area contributed by atoms with Gasteiger partial charge in [-0.25, -0.2) is 4.98 Å². The summed E-state index contributed by atoms with van der Waals surface area (Å²) in [6.45, 7) is 10.5.